The summed E-state index contributed by atoms with van der Waals surface area (Å²) in [6.45, 7) is 3.46. The first kappa shape index (κ1) is 15.1. The number of fused-ring (bicyclic) bond motifs is 1. The highest BCUT2D eigenvalue weighted by Gasteiger charge is 2.18. The lowest BCUT2D eigenvalue weighted by atomic mass is 10.2. The Hall–Kier alpha value is -2.83. The van der Waals surface area contributed by atoms with E-state index in [0.717, 1.165) is 13.0 Å². The fraction of sp³-hybridized carbons (Fsp3) is 0.312. The second-order valence-electron chi connectivity index (χ2n) is 5.04. The summed E-state index contributed by atoms with van der Waals surface area (Å²) in [5, 5.41) is 6.97. The molecule has 0 fully saturated rings. The van der Waals surface area contributed by atoms with Crippen LogP contribution in [-0.2, 0) is 11.3 Å². The minimum Gasteiger partial charge on any atom is -0.478 e. The normalized spacial score (nSPS) is 12.9. The number of anilines is 1. The molecule has 0 spiro atoms. The number of esters is 1. The topological polar surface area (TPSA) is 82.5 Å². The first-order chi connectivity index (χ1) is 11.2. The molecule has 0 saturated heterocycles. The van der Waals surface area contributed by atoms with Gasteiger partial charge >= 0.3 is 5.97 Å². The molecule has 0 bridgehead atoms. The van der Waals surface area contributed by atoms with Crippen molar-refractivity contribution in [2.75, 3.05) is 18.5 Å². The minimum atomic E-state index is -0.385. The molecule has 0 atom stereocenters. The number of aromatic nitrogens is 2. The Morgan fingerprint density at radius 1 is 1.35 bits per heavy atom. The molecule has 7 heteroatoms. The van der Waals surface area contributed by atoms with E-state index in [2.05, 4.69) is 10.4 Å². The van der Waals surface area contributed by atoms with Gasteiger partial charge in [-0.25, -0.2) is 9.48 Å². The van der Waals surface area contributed by atoms with Gasteiger partial charge < -0.3 is 14.8 Å². The van der Waals surface area contributed by atoms with Crippen LogP contribution >= 0.6 is 0 Å². The Balaban J connectivity index is 1.68. The maximum Gasteiger partial charge on any atom is 0.338 e. The number of benzene rings is 1. The summed E-state index contributed by atoms with van der Waals surface area (Å²) < 4.78 is 12.0. The smallest absolute Gasteiger partial charge is 0.338 e. The molecule has 1 N–H and O–H groups in total. The van der Waals surface area contributed by atoms with E-state index in [1.54, 1.807) is 41.9 Å². The highest BCUT2D eigenvalue weighted by atomic mass is 16.5. The monoisotopic (exact) mass is 315 g/mol. The summed E-state index contributed by atoms with van der Waals surface area (Å²) in [4.78, 5) is 23.8. The van der Waals surface area contributed by atoms with Crippen molar-refractivity contribution in [1.82, 2.24) is 9.78 Å². The first-order valence-corrected chi connectivity index (χ1v) is 7.46. The van der Waals surface area contributed by atoms with Gasteiger partial charge in [0.05, 0.1) is 18.8 Å². The fourth-order valence-electron chi connectivity index (χ4n) is 2.28. The molecule has 0 saturated carbocycles. The van der Waals surface area contributed by atoms with Crippen molar-refractivity contribution in [2.45, 2.75) is 19.9 Å². The van der Waals surface area contributed by atoms with E-state index >= 15 is 0 Å². The quantitative estimate of drug-likeness (QED) is 0.874. The van der Waals surface area contributed by atoms with Crippen LogP contribution < -0.4 is 10.1 Å². The SMILES string of the molecule is CCOC(=O)c1ccc(NC(=O)c2cc3n(n2)CCCO3)cc1. The summed E-state index contributed by atoms with van der Waals surface area (Å²) >= 11 is 0. The van der Waals surface area contributed by atoms with Crippen molar-refractivity contribution in [3.63, 3.8) is 0 Å². The van der Waals surface area contributed by atoms with E-state index < -0.39 is 0 Å². The van der Waals surface area contributed by atoms with E-state index in [-0.39, 0.29) is 11.9 Å². The van der Waals surface area contributed by atoms with Crippen molar-refractivity contribution in [3.05, 3.63) is 41.6 Å². The second-order valence-corrected chi connectivity index (χ2v) is 5.04. The van der Waals surface area contributed by atoms with E-state index in [1.165, 1.54) is 0 Å². The highest BCUT2D eigenvalue weighted by Crippen LogP contribution is 2.19. The molecule has 0 aliphatic carbocycles. The summed E-state index contributed by atoms with van der Waals surface area (Å²) in [6, 6.07) is 8.14. The molecular formula is C16H17N3O4. The number of hydrogen-bond acceptors (Lipinski definition) is 5. The predicted molar refractivity (Wildman–Crippen MR) is 82.7 cm³/mol. The average Bonchev–Trinajstić information content (AvgIpc) is 3.00. The van der Waals surface area contributed by atoms with Crippen molar-refractivity contribution in [2.24, 2.45) is 0 Å². The lowest BCUT2D eigenvalue weighted by Gasteiger charge is -2.13. The van der Waals surface area contributed by atoms with Gasteiger partial charge in [0.2, 0.25) is 5.88 Å². The molecule has 1 aromatic heterocycles. The number of nitrogens with zero attached hydrogens (tertiary/aromatic N) is 2. The Kier molecular flexibility index (Phi) is 4.27. The molecule has 1 amide bonds. The molecule has 2 aromatic rings. The van der Waals surface area contributed by atoms with Crippen LogP contribution in [0.15, 0.2) is 30.3 Å². The van der Waals surface area contributed by atoms with Gasteiger partial charge in [-0.3, -0.25) is 4.79 Å². The van der Waals surface area contributed by atoms with Crippen LogP contribution in [0.4, 0.5) is 5.69 Å². The average molecular weight is 315 g/mol. The molecule has 0 radical (unpaired) electrons. The second kappa shape index (κ2) is 6.51. The Bertz CT molecular complexity index is 698. The van der Waals surface area contributed by atoms with Crippen LogP contribution in [0.2, 0.25) is 0 Å². The van der Waals surface area contributed by atoms with Gasteiger partial charge in [0.25, 0.3) is 5.91 Å². The lowest BCUT2D eigenvalue weighted by molar-refractivity contribution is 0.0526. The van der Waals surface area contributed by atoms with Crippen molar-refractivity contribution >= 4 is 17.6 Å². The van der Waals surface area contributed by atoms with Gasteiger partial charge in [-0.2, -0.15) is 5.10 Å². The number of nitrogens with one attached hydrogen (secondary N) is 1. The van der Waals surface area contributed by atoms with Gasteiger partial charge in [0, 0.05) is 24.7 Å². The zero-order valence-corrected chi connectivity index (χ0v) is 12.7. The Morgan fingerprint density at radius 3 is 2.83 bits per heavy atom. The third-order valence-electron chi connectivity index (χ3n) is 3.39. The molecule has 1 aliphatic rings. The summed E-state index contributed by atoms with van der Waals surface area (Å²) in [5.74, 6) is -0.0947. The number of rotatable bonds is 4. The predicted octanol–water partition coefficient (Wildman–Crippen LogP) is 2.09. The lowest BCUT2D eigenvalue weighted by Crippen LogP contribution is -2.16. The molecule has 120 valence electrons. The molecule has 23 heavy (non-hydrogen) atoms. The fourth-order valence-corrected chi connectivity index (χ4v) is 2.28. The first-order valence-electron chi connectivity index (χ1n) is 7.46. The third-order valence-corrected chi connectivity index (χ3v) is 3.39. The number of amides is 1. The van der Waals surface area contributed by atoms with Gasteiger partial charge in [-0.15, -0.1) is 0 Å². The Labute approximate surface area is 133 Å². The van der Waals surface area contributed by atoms with Crippen LogP contribution in [-0.4, -0.2) is 34.9 Å². The molecular weight excluding hydrogens is 298 g/mol. The molecule has 1 aliphatic heterocycles. The van der Waals surface area contributed by atoms with E-state index in [1.807, 2.05) is 0 Å². The minimum absolute atomic E-state index is 0.302. The van der Waals surface area contributed by atoms with Gasteiger partial charge in [-0.05, 0) is 31.2 Å². The molecule has 3 rings (SSSR count). The van der Waals surface area contributed by atoms with Crippen LogP contribution in [0.5, 0.6) is 5.88 Å². The molecule has 7 nitrogen and oxygen atoms in total. The van der Waals surface area contributed by atoms with Crippen LogP contribution in [0, 0.1) is 0 Å². The van der Waals surface area contributed by atoms with Gasteiger partial charge in [-0.1, -0.05) is 0 Å². The molecule has 0 unspecified atom stereocenters. The zero-order chi connectivity index (χ0) is 16.2. The van der Waals surface area contributed by atoms with E-state index in [4.69, 9.17) is 9.47 Å². The third kappa shape index (κ3) is 3.33. The highest BCUT2D eigenvalue weighted by molar-refractivity contribution is 6.03. The van der Waals surface area contributed by atoms with Crippen LogP contribution in [0.3, 0.4) is 0 Å². The van der Waals surface area contributed by atoms with E-state index in [0.29, 0.717) is 36.0 Å². The van der Waals surface area contributed by atoms with Gasteiger partial charge in [0.15, 0.2) is 5.69 Å². The van der Waals surface area contributed by atoms with Crippen molar-refractivity contribution in [3.8, 4) is 5.88 Å². The molecule has 1 aromatic carbocycles. The van der Waals surface area contributed by atoms with Crippen molar-refractivity contribution < 1.29 is 19.1 Å². The maximum absolute atomic E-state index is 12.2. The number of carbonyl (C=O) groups is 2. The number of carbonyl (C=O) groups excluding carboxylic acids is 2. The number of hydrogen-bond donors (Lipinski definition) is 1. The van der Waals surface area contributed by atoms with Crippen molar-refractivity contribution in [1.29, 1.82) is 0 Å². The number of ether oxygens (including phenoxy) is 2. The van der Waals surface area contributed by atoms with E-state index in [9.17, 15) is 9.59 Å². The Morgan fingerprint density at radius 2 is 2.13 bits per heavy atom. The maximum atomic E-state index is 12.2. The summed E-state index contributed by atoms with van der Waals surface area (Å²) in [6.07, 6.45) is 0.880. The van der Waals surface area contributed by atoms with Crippen LogP contribution in [0.1, 0.15) is 34.2 Å². The molecule has 2 heterocycles. The largest absolute Gasteiger partial charge is 0.478 e. The zero-order valence-electron chi connectivity index (χ0n) is 12.7. The summed E-state index contributed by atoms with van der Waals surface area (Å²) in [7, 11) is 0. The van der Waals surface area contributed by atoms with Gasteiger partial charge in [0.1, 0.15) is 0 Å². The number of aryl methyl sites for hydroxylation is 1. The standard InChI is InChI=1S/C16H17N3O4/c1-2-22-16(21)11-4-6-12(7-5-11)17-15(20)13-10-14-19(18-13)8-3-9-23-14/h4-7,10H,2-3,8-9H2,1H3,(H,17,20). The summed E-state index contributed by atoms with van der Waals surface area (Å²) in [5.41, 5.74) is 1.32. The van der Waals surface area contributed by atoms with Crippen LogP contribution in [0.25, 0.3) is 0 Å².